The Kier molecular flexibility index (Phi) is 4.94. The third-order valence-electron chi connectivity index (χ3n) is 2.48. The Bertz CT molecular complexity index is 570. The average molecular weight is 324 g/mol. The molecule has 0 saturated heterocycles. The Balaban J connectivity index is 3.33. The first kappa shape index (κ1) is 17.0. The van der Waals surface area contributed by atoms with E-state index in [1.807, 2.05) is 0 Å². The van der Waals surface area contributed by atoms with Crippen molar-refractivity contribution in [2.75, 3.05) is 11.4 Å². The van der Waals surface area contributed by atoms with Crippen LogP contribution in [-0.2, 0) is 4.79 Å². The normalized spacial score (nSPS) is 11.5. The van der Waals surface area contributed by atoms with Crippen LogP contribution in [-0.4, -0.2) is 39.4 Å². The Labute approximate surface area is 122 Å². The highest BCUT2D eigenvalue weighted by Crippen LogP contribution is 2.30. The molecular weight excluding hydrogens is 314 g/mol. The molecule has 11 heteroatoms. The van der Waals surface area contributed by atoms with E-state index in [0.29, 0.717) is 0 Å². The van der Waals surface area contributed by atoms with Crippen LogP contribution < -0.4 is 10.0 Å². The van der Waals surface area contributed by atoms with Gasteiger partial charge in [0, 0.05) is 6.04 Å². The van der Waals surface area contributed by atoms with Gasteiger partial charge in [-0.25, -0.2) is 4.98 Å². The summed E-state index contributed by atoms with van der Waals surface area (Å²) < 4.78 is 26.7. The molecule has 1 rings (SSSR count). The van der Waals surface area contributed by atoms with Crippen LogP contribution >= 0.6 is 11.6 Å². The number of aliphatic carboxylic acids is 1. The molecule has 8 nitrogen and oxygen atoms in total. The number of carboxylic acids is 1. The highest BCUT2D eigenvalue weighted by molar-refractivity contribution is 6.28. The number of carbonyl (C=O) groups is 1. The number of alkyl halides is 2. The lowest BCUT2D eigenvalue weighted by Crippen LogP contribution is -2.51. The summed E-state index contributed by atoms with van der Waals surface area (Å²) >= 11 is 5.52. The number of hydrogen-bond donors (Lipinski definition) is 0. The zero-order valence-electron chi connectivity index (χ0n) is 10.9. The maximum Gasteiger partial charge on any atom is 0.329 e. The Morgan fingerprint density at radius 3 is 2.57 bits per heavy atom. The zero-order valence-corrected chi connectivity index (χ0v) is 11.7. The van der Waals surface area contributed by atoms with Gasteiger partial charge in [0.25, 0.3) is 0 Å². The number of halogens is 3. The van der Waals surface area contributed by atoms with Gasteiger partial charge in [0.2, 0.25) is 11.1 Å². The van der Waals surface area contributed by atoms with Crippen molar-refractivity contribution in [3.63, 3.8) is 0 Å². The number of nitro groups is 1. The fourth-order valence-electron chi connectivity index (χ4n) is 1.47. The molecule has 1 aromatic heterocycles. The molecule has 1 heterocycles. The Hall–Kier alpha value is -2.10. The highest BCUT2D eigenvalue weighted by atomic mass is 35.5. The van der Waals surface area contributed by atoms with Gasteiger partial charge in [0.05, 0.1) is 11.5 Å². The van der Waals surface area contributed by atoms with Crippen molar-refractivity contribution < 1.29 is 23.6 Å². The van der Waals surface area contributed by atoms with E-state index in [0.717, 1.165) is 11.1 Å². The molecule has 0 aromatic carbocycles. The van der Waals surface area contributed by atoms with E-state index >= 15 is 0 Å². The lowest BCUT2D eigenvalue weighted by molar-refractivity contribution is -0.384. The average Bonchev–Trinajstić information content (AvgIpc) is 2.34. The van der Waals surface area contributed by atoms with Gasteiger partial charge in [-0.2, -0.15) is 13.8 Å². The van der Waals surface area contributed by atoms with Gasteiger partial charge in [-0.05, 0) is 25.4 Å². The lowest BCUT2D eigenvalue weighted by Gasteiger charge is -2.31. The first-order valence-corrected chi connectivity index (χ1v) is 5.97. The van der Waals surface area contributed by atoms with Gasteiger partial charge in [-0.1, -0.05) is 0 Å². The quantitative estimate of drug-likeness (QED) is 0.429. The lowest BCUT2D eigenvalue weighted by atomic mass is 10.2. The van der Waals surface area contributed by atoms with E-state index in [9.17, 15) is 28.8 Å². The van der Waals surface area contributed by atoms with Gasteiger partial charge >= 0.3 is 11.6 Å². The number of aromatic nitrogens is 2. The number of rotatable bonds is 6. The standard InChI is InChI=1S/C10H11ClF2N4O4/c1-5(2)16(4-10(12,13)8(18)19)7-6(17(20)21)3-14-9(11)15-7/h3,5H,4H2,1-2H3,(H,18,19)/p-1. The first-order valence-electron chi connectivity index (χ1n) is 5.59. The van der Waals surface area contributed by atoms with Crippen LogP contribution in [0, 0.1) is 10.1 Å². The molecule has 0 N–H and O–H groups in total. The minimum atomic E-state index is -4.21. The molecule has 0 atom stereocenters. The molecule has 0 radical (unpaired) electrons. The number of nitrogens with zero attached hydrogens (tertiary/aromatic N) is 4. The largest absolute Gasteiger partial charge is 0.544 e. The van der Waals surface area contributed by atoms with Gasteiger partial charge in [-0.3, -0.25) is 10.1 Å². The molecule has 0 unspecified atom stereocenters. The summed E-state index contributed by atoms with van der Waals surface area (Å²) in [7, 11) is 0. The van der Waals surface area contributed by atoms with Crippen molar-refractivity contribution in [3.05, 3.63) is 21.6 Å². The summed E-state index contributed by atoms with van der Waals surface area (Å²) in [6.07, 6.45) is 0.761. The summed E-state index contributed by atoms with van der Waals surface area (Å²) in [6.45, 7) is 1.53. The van der Waals surface area contributed by atoms with Crippen LogP contribution in [0.1, 0.15) is 13.8 Å². The number of carboxylic acid groups (broad SMARTS) is 1. The second-order valence-electron chi connectivity index (χ2n) is 4.32. The molecule has 0 bridgehead atoms. The van der Waals surface area contributed by atoms with Crippen molar-refractivity contribution in [1.29, 1.82) is 0 Å². The topological polar surface area (TPSA) is 112 Å². The third-order valence-corrected chi connectivity index (χ3v) is 2.66. The Morgan fingerprint density at radius 2 is 2.14 bits per heavy atom. The van der Waals surface area contributed by atoms with Crippen LogP contribution in [0.3, 0.4) is 0 Å². The van der Waals surface area contributed by atoms with Gasteiger partial charge in [0.15, 0.2) is 0 Å². The maximum absolute atomic E-state index is 13.3. The smallest absolute Gasteiger partial charge is 0.329 e. The molecule has 0 fully saturated rings. The Morgan fingerprint density at radius 1 is 1.57 bits per heavy atom. The van der Waals surface area contributed by atoms with Crippen molar-refractivity contribution >= 4 is 29.1 Å². The molecule has 0 saturated carbocycles. The molecule has 0 aliphatic rings. The van der Waals surface area contributed by atoms with E-state index in [2.05, 4.69) is 9.97 Å². The summed E-state index contributed by atoms with van der Waals surface area (Å²) in [6, 6.07) is -0.708. The minimum absolute atomic E-state index is 0.391. The molecule has 0 spiro atoms. The maximum atomic E-state index is 13.3. The predicted molar refractivity (Wildman–Crippen MR) is 66.1 cm³/mol. The predicted octanol–water partition coefficient (Wildman–Crippen LogP) is 0.638. The molecule has 0 amide bonds. The number of anilines is 1. The fourth-order valence-corrected chi connectivity index (χ4v) is 1.60. The summed E-state index contributed by atoms with van der Waals surface area (Å²) in [5.41, 5.74) is -0.665. The van der Waals surface area contributed by atoms with E-state index in [1.54, 1.807) is 0 Å². The first-order chi connectivity index (χ1) is 9.56. The SMILES string of the molecule is CC(C)N(CC(F)(F)C(=O)[O-])c1nc(Cl)ncc1[N+](=O)[O-]. The molecule has 21 heavy (non-hydrogen) atoms. The molecule has 116 valence electrons. The van der Waals surface area contributed by atoms with Crippen molar-refractivity contribution in [1.82, 2.24) is 9.97 Å². The van der Waals surface area contributed by atoms with Gasteiger partial charge in [-0.15, -0.1) is 0 Å². The van der Waals surface area contributed by atoms with Crippen LogP contribution in [0.15, 0.2) is 6.20 Å². The van der Waals surface area contributed by atoms with E-state index < -0.39 is 46.2 Å². The zero-order chi connectivity index (χ0) is 16.4. The van der Waals surface area contributed by atoms with Crippen LogP contribution in [0.25, 0.3) is 0 Å². The van der Waals surface area contributed by atoms with Crippen molar-refractivity contribution in [2.24, 2.45) is 0 Å². The molecule has 0 aliphatic heterocycles. The molecule has 0 aliphatic carbocycles. The third kappa shape index (κ3) is 3.94. The fraction of sp³-hybridized carbons (Fsp3) is 0.500. The van der Waals surface area contributed by atoms with E-state index in [-0.39, 0.29) is 0 Å². The second kappa shape index (κ2) is 6.12. The van der Waals surface area contributed by atoms with Crippen LogP contribution in [0.4, 0.5) is 20.3 Å². The summed E-state index contributed by atoms with van der Waals surface area (Å²) in [5.74, 6) is -7.29. The minimum Gasteiger partial charge on any atom is -0.544 e. The highest BCUT2D eigenvalue weighted by Gasteiger charge is 2.37. The summed E-state index contributed by atoms with van der Waals surface area (Å²) in [5, 5.41) is 20.9. The molecule has 1 aromatic rings. The second-order valence-corrected chi connectivity index (χ2v) is 4.66. The number of hydrogen-bond acceptors (Lipinski definition) is 7. The summed E-state index contributed by atoms with van der Waals surface area (Å²) in [4.78, 5) is 28.1. The van der Waals surface area contributed by atoms with Crippen LogP contribution in [0.2, 0.25) is 5.28 Å². The molecular formula is C10H10ClF2N4O4-. The van der Waals surface area contributed by atoms with Crippen molar-refractivity contribution in [2.45, 2.75) is 25.8 Å². The number of carbonyl (C=O) groups excluding carboxylic acids is 1. The van der Waals surface area contributed by atoms with Gasteiger partial charge < -0.3 is 14.8 Å². The van der Waals surface area contributed by atoms with Crippen molar-refractivity contribution in [3.8, 4) is 0 Å². The monoisotopic (exact) mass is 323 g/mol. The van der Waals surface area contributed by atoms with Crippen LogP contribution in [0.5, 0.6) is 0 Å². The van der Waals surface area contributed by atoms with E-state index in [1.165, 1.54) is 13.8 Å². The van der Waals surface area contributed by atoms with E-state index in [4.69, 9.17) is 11.6 Å². The van der Waals surface area contributed by atoms with Gasteiger partial charge in [0.1, 0.15) is 12.2 Å².